The largest absolute Gasteiger partial charge is 0.507 e. The van der Waals surface area contributed by atoms with Gasteiger partial charge in [-0.1, -0.05) is 375 Å². The predicted molar refractivity (Wildman–Crippen MR) is 648 cm³/mol. The van der Waals surface area contributed by atoms with Gasteiger partial charge in [0.15, 0.2) is 6.29 Å². The first-order chi connectivity index (χ1) is 69.8. The van der Waals surface area contributed by atoms with E-state index in [1.54, 1.807) is 24.3 Å². The molecule has 0 aliphatic carbocycles. The molecule has 0 aliphatic rings. The first-order valence-corrected chi connectivity index (χ1v) is 53.9. The van der Waals surface area contributed by atoms with Crippen molar-refractivity contribution in [2.75, 3.05) is 27.8 Å². The highest BCUT2D eigenvalue weighted by atomic mass is 79.9. The summed E-state index contributed by atoms with van der Waals surface area (Å²) < 4.78 is 18.3. The Hall–Kier alpha value is -12.8. The molecule has 10 N–H and O–H groups in total. The Morgan fingerprint density at radius 1 is 0.320 bits per heavy atom. The van der Waals surface area contributed by atoms with Crippen LogP contribution in [0.5, 0.6) is 11.5 Å². The smallest absolute Gasteiger partial charge is 0.318 e. The molecule has 16 rings (SSSR count). The number of nitrogens with one attached hydrogen (secondary N) is 2. The van der Waals surface area contributed by atoms with Gasteiger partial charge in [-0.3, -0.25) is 29.6 Å². The number of aromatic hydroxyl groups is 2. The maximum Gasteiger partial charge on any atom is 0.318 e. The van der Waals surface area contributed by atoms with Gasteiger partial charge in [0.25, 0.3) is 0 Å². The molecule has 0 aliphatic heterocycles. The van der Waals surface area contributed by atoms with Crippen molar-refractivity contribution in [2.24, 2.45) is 0 Å². The lowest BCUT2D eigenvalue weighted by molar-refractivity contribution is -0.388. The minimum atomic E-state index is -0.829. The number of rotatable bonds is 13. The normalized spacial score (nSPS) is 11.8. The summed E-state index contributed by atoms with van der Waals surface area (Å²) in [7, 11) is 0. The van der Waals surface area contributed by atoms with Gasteiger partial charge in [0.2, 0.25) is 5.82 Å². The highest BCUT2D eigenvalue weighted by Gasteiger charge is 2.33. The van der Waals surface area contributed by atoms with Crippen molar-refractivity contribution in [1.82, 2.24) is 9.55 Å². The fourth-order valence-corrected chi connectivity index (χ4v) is 18.5. The van der Waals surface area contributed by atoms with Gasteiger partial charge in [-0.15, -0.1) is 0 Å². The van der Waals surface area contributed by atoms with Gasteiger partial charge in [0.1, 0.15) is 28.5 Å². The standard InChI is InChI=1S/C37H41BrN2O.C22H21BrN2O2.C22H23BrN2.C16H19N.C15H22O2.C10H14BrN.C6H3BrFNO2/c1-35(2,3)24-18-19-30(26(20-24)23-14-11-10-12-15-23)40-31-17-13-16-29(38)32(31)39-34(40)27-21-25(36(4,5)6)22-28(33(27)41)37(7,8)9;1-22(2,3)16-12-13-19(17(14-16)15-8-5-4-6-9-15)24-20-11-7-10-18(23)21(20)25(26)27;1-22(2,3)16-12-13-19(17(14-16)15-8-5-4-6-9-15)25-20-11-7-10-18(23)21(20)24;1-16(2,3)13-9-10-15(17)14(11-13)12-7-5-4-6-8-12;1-14(2,3)11-7-10(9-16)13(17)12(8-11)15(4,5)6;1-10(2,3)7-4-5-9(12)8(11)6-7;7-4-2-1-3-5(8)6(4)9(10)11/h10-22,41H,1-9H3;4-14,24H,1-3H3;4-14,25H,24H2,1-3H3;4-11H,17H2,1-3H3;7-9,17H,1-6H3;4-6H,12H2,1-3H3;1-3H. The number of halogens is 6. The molecule has 784 valence electrons. The molecule has 0 unspecified atom stereocenters. The number of anilines is 7. The van der Waals surface area contributed by atoms with Gasteiger partial charge in [-0.05, 0) is 311 Å². The number of imidazole rings is 1. The zero-order valence-electron chi connectivity index (χ0n) is 91.2. The number of hydrogen-bond acceptors (Lipinski definition) is 13. The molecule has 1 aromatic heterocycles. The Morgan fingerprint density at radius 3 is 1.07 bits per heavy atom. The number of para-hydroxylation sites is 4. The Balaban J connectivity index is 0.000000187. The van der Waals surface area contributed by atoms with Crippen molar-refractivity contribution in [3.8, 4) is 73.1 Å². The minimum Gasteiger partial charge on any atom is -0.507 e. The lowest BCUT2D eigenvalue weighted by Crippen LogP contribution is -2.17. The lowest BCUT2D eigenvalue weighted by atomic mass is 9.79. The number of phenols is 2. The van der Waals surface area contributed by atoms with E-state index in [4.69, 9.17) is 22.2 Å². The molecule has 22 heteroatoms. The highest BCUT2D eigenvalue weighted by molar-refractivity contribution is 9.11. The molecule has 0 saturated carbocycles. The summed E-state index contributed by atoms with van der Waals surface area (Å²) in [4.78, 5) is 36.8. The second-order valence-electron chi connectivity index (χ2n) is 46.6. The number of aromatic nitrogens is 2. The number of fused-ring (bicyclic) bond motifs is 1. The van der Waals surface area contributed by atoms with Crippen molar-refractivity contribution in [3.63, 3.8) is 0 Å². The van der Waals surface area contributed by atoms with Gasteiger partial charge in [-0.2, -0.15) is 4.39 Å². The summed E-state index contributed by atoms with van der Waals surface area (Å²) >= 11 is 16.8. The summed E-state index contributed by atoms with van der Waals surface area (Å²) in [6.07, 6.45) is 0.722. The number of nitrogens with zero attached hydrogens (tertiary/aromatic N) is 4. The number of hydrogen-bond donors (Lipinski definition) is 7. The Kier molecular flexibility index (Phi) is 38.9. The van der Waals surface area contributed by atoms with Crippen molar-refractivity contribution >= 4 is 148 Å². The minimum absolute atomic E-state index is 0.00380. The van der Waals surface area contributed by atoms with Crippen LogP contribution >= 0.6 is 79.6 Å². The average molecular weight is 2340 g/mol. The first kappa shape index (κ1) is 119. The molecule has 0 fully saturated rings. The fourth-order valence-electron chi connectivity index (χ4n) is 16.3. The number of nitro groups is 2. The fraction of sp³-hybridized carbons (Fsp3) is 0.281. The van der Waals surface area contributed by atoms with Gasteiger partial charge in [0.05, 0.1) is 52.5 Å². The SMILES string of the molecule is CC(C)(C)c1cc(C=O)c(O)c(C(C)(C)C)c1.CC(C)(C)c1ccc(-n2c(-c3cc(C(C)(C)C)cc(C(C)(C)C)c3O)nc3c(Br)cccc32)c(-c2ccccc2)c1.CC(C)(C)c1ccc(N)c(-c2ccccc2)c1.CC(C)(C)c1ccc(N)c(Br)c1.CC(C)(C)c1ccc(Nc2cccc(Br)c2N)c(-c2ccccc2)c1.CC(C)(C)c1ccc(Nc2cccc(Br)c2[N+](=O)[O-])c(-c2ccccc2)c1.O=[N+]([O-])c1c(F)cccc1Br. The zero-order valence-corrected chi connectivity index (χ0v) is 99.2. The maximum atomic E-state index is 12.6. The summed E-state index contributed by atoms with van der Waals surface area (Å²) in [5.41, 5.74) is 46.2. The molecule has 16 aromatic rings. The van der Waals surface area contributed by atoms with Crippen LogP contribution in [-0.2, 0) is 48.7 Å². The van der Waals surface area contributed by atoms with Crippen molar-refractivity contribution in [3.05, 3.63) is 413 Å². The Bertz CT molecular complexity index is 7440. The molecule has 150 heavy (non-hydrogen) atoms. The van der Waals surface area contributed by atoms with Crippen LogP contribution in [0.3, 0.4) is 0 Å². The lowest BCUT2D eigenvalue weighted by Gasteiger charge is -2.28. The van der Waals surface area contributed by atoms with Crippen LogP contribution in [0.2, 0.25) is 0 Å². The second-order valence-corrected chi connectivity index (χ2v) is 50.8. The number of carbonyl (C=O) groups excluding carboxylic acids is 1. The van der Waals surface area contributed by atoms with Crippen LogP contribution in [0.1, 0.15) is 247 Å². The molecule has 0 spiro atoms. The Morgan fingerprint density at radius 2 is 0.660 bits per heavy atom. The third-order valence-electron chi connectivity index (χ3n) is 25.5. The number of phenolic OH excluding ortho intramolecular Hbond substituents is 2. The summed E-state index contributed by atoms with van der Waals surface area (Å²) in [6.45, 7) is 58.6. The predicted octanol–water partition coefficient (Wildman–Crippen LogP) is 38.4. The van der Waals surface area contributed by atoms with Crippen LogP contribution in [0.4, 0.5) is 55.6 Å². The number of nitro benzene ring substituents is 2. The van der Waals surface area contributed by atoms with E-state index in [-0.39, 0.29) is 75.3 Å². The summed E-state index contributed by atoms with van der Waals surface area (Å²) in [5.74, 6) is 0.289. The molecule has 1 heterocycles. The van der Waals surface area contributed by atoms with E-state index >= 15 is 0 Å². The van der Waals surface area contributed by atoms with E-state index in [2.05, 4.69) is 419 Å². The molecule has 0 bridgehead atoms. The van der Waals surface area contributed by atoms with Crippen molar-refractivity contribution in [2.45, 2.75) is 236 Å². The van der Waals surface area contributed by atoms with E-state index in [0.717, 1.165) is 127 Å². The average Bonchev–Trinajstić information content (AvgIpc) is 1.64. The number of carbonyl (C=O) groups is 1. The molecule has 0 atom stereocenters. The van der Waals surface area contributed by atoms with E-state index in [1.807, 2.05) is 130 Å². The van der Waals surface area contributed by atoms with Crippen molar-refractivity contribution in [1.29, 1.82) is 0 Å². The molecule has 0 amide bonds. The molecule has 16 nitrogen and oxygen atoms in total. The zero-order chi connectivity index (χ0) is 111. The van der Waals surface area contributed by atoms with E-state index in [0.29, 0.717) is 21.4 Å². The monoisotopic (exact) mass is 2330 g/mol. The maximum absolute atomic E-state index is 12.6. The summed E-state index contributed by atoms with van der Waals surface area (Å²) in [5, 5.41) is 50.4. The molecule has 15 aromatic carbocycles. The third kappa shape index (κ3) is 31.0. The number of nitrogen functional groups attached to an aromatic ring is 3. The van der Waals surface area contributed by atoms with Crippen LogP contribution < -0.4 is 27.8 Å². The van der Waals surface area contributed by atoms with Gasteiger partial charge < -0.3 is 38.0 Å². The van der Waals surface area contributed by atoms with Gasteiger partial charge in [0, 0.05) is 69.5 Å². The van der Waals surface area contributed by atoms with Crippen molar-refractivity contribution < 1.29 is 29.2 Å². The molecular formula is C128H143Br5FN9O7. The second kappa shape index (κ2) is 49.1. The topological polar surface area (TPSA) is 264 Å². The van der Waals surface area contributed by atoms with E-state index in [1.165, 1.54) is 62.2 Å². The molecule has 0 saturated heterocycles. The molecule has 0 radical (unpaired) electrons. The van der Waals surface area contributed by atoms with Crippen LogP contribution in [0.25, 0.3) is 72.6 Å². The quantitative estimate of drug-likeness (QED) is 0.0245. The number of aldehydes is 1. The van der Waals surface area contributed by atoms with Gasteiger partial charge >= 0.3 is 11.4 Å². The first-order valence-electron chi connectivity index (χ1n) is 49.9. The number of nitrogens with two attached hydrogens (primary N) is 3. The summed E-state index contributed by atoms with van der Waals surface area (Å²) in [6, 6.07) is 102. The van der Waals surface area contributed by atoms with Crippen LogP contribution in [-0.4, -0.2) is 35.9 Å². The van der Waals surface area contributed by atoms with Gasteiger partial charge in [-0.25, -0.2) is 4.98 Å². The third-order valence-corrected chi connectivity index (χ3v) is 28.8. The van der Waals surface area contributed by atoms with Crippen LogP contribution in [0, 0.1) is 26.0 Å². The highest BCUT2D eigenvalue weighted by Crippen LogP contribution is 2.49. The van der Waals surface area contributed by atoms with E-state index in [9.17, 15) is 39.6 Å². The Labute approximate surface area is 929 Å². The van der Waals surface area contributed by atoms with E-state index < -0.39 is 16.4 Å². The van der Waals surface area contributed by atoms with Crippen LogP contribution in [0.15, 0.2) is 332 Å². The molecular weight excluding hydrogens is 2190 g/mol. The number of benzene rings is 15.